The molecular formula is C26H30FN3O2. The Hall–Kier alpha value is -2.73. The van der Waals surface area contributed by atoms with E-state index in [-0.39, 0.29) is 17.4 Å². The fraction of sp³-hybridized carbons (Fsp3) is 0.462. The van der Waals surface area contributed by atoms with Gasteiger partial charge in [-0.25, -0.2) is 4.39 Å². The number of halogens is 1. The van der Waals surface area contributed by atoms with Crippen LogP contribution in [-0.4, -0.2) is 72.3 Å². The molecule has 168 valence electrons. The maximum Gasteiger partial charge on any atom is 0.256 e. The molecule has 5 rings (SSSR count). The second kappa shape index (κ2) is 9.02. The molecular weight excluding hydrogens is 405 g/mol. The van der Waals surface area contributed by atoms with E-state index in [4.69, 9.17) is 0 Å². The van der Waals surface area contributed by atoms with Gasteiger partial charge in [0.1, 0.15) is 5.82 Å². The molecule has 0 aliphatic carbocycles. The van der Waals surface area contributed by atoms with Gasteiger partial charge in [-0.1, -0.05) is 18.2 Å². The second-order valence-electron chi connectivity index (χ2n) is 9.16. The van der Waals surface area contributed by atoms with E-state index >= 15 is 0 Å². The average Bonchev–Trinajstić information content (AvgIpc) is 3.53. The first kappa shape index (κ1) is 21.1. The van der Waals surface area contributed by atoms with Crippen LogP contribution in [0.15, 0.2) is 36.4 Å². The molecule has 5 nitrogen and oxygen atoms in total. The van der Waals surface area contributed by atoms with E-state index in [0.717, 1.165) is 74.2 Å². The van der Waals surface area contributed by atoms with Gasteiger partial charge in [-0.15, -0.1) is 0 Å². The number of rotatable bonds is 5. The molecule has 6 heteroatoms. The van der Waals surface area contributed by atoms with Crippen molar-refractivity contribution in [3.05, 3.63) is 58.9 Å². The van der Waals surface area contributed by atoms with Gasteiger partial charge in [-0.2, -0.15) is 0 Å². The van der Waals surface area contributed by atoms with E-state index < -0.39 is 5.82 Å². The number of hydrogen-bond acceptors (Lipinski definition) is 3. The van der Waals surface area contributed by atoms with Crippen molar-refractivity contribution in [1.29, 1.82) is 0 Å². The van der Waals surface area contributed by atoms with Gasteiger partial charge in [0.25, 0.3) is 11.8 Å². The summed E-state index contributed by atoms with van der Waals surface area (Å²) in [5, 5.41) is 0. The van der Waals surface area contributed by atoms with Crippen LogP contribution in [0.2, 0.25) is 0 Å². The summed E-state index contributed by atoms with van der Waals surface area (Å²) in [5.41, 5.74) is 3.64. The Labute approximate surface area is 188 Å². The molecule has 2 fully saturated rings. The topological polar surface area (TPSA) is 43.9 Å². The van der Waals surface area contributed by atoms with Gasteiger partial charge in [-0.05, 0) is 80.1 Å². The van der Waals surface area contributed by atoms with Crippen molar-refractivity contribution in [2.45, 2.75) is 32.1 Å². The van der Waals surface area contributed by atoms with Gasteiger partial charge >= 0.3 is 0 Å². The first-order valence-electron chi connectivity index (χ1n) is 11.8. The molecule has 2 aromatic rings. The quantitative estimate of drug-likeness (QED) is 0.717. The molecule has 0 N–H and O–H groups in total. The lowest BCUT2D eigenvalue weighted by atomic mass is 9.93. The number of carbonyl (C=O) groups is 2. The molecule has 0 atom stereocenters. The van der Waals surface area contributed by atoms with Gasteiger partial charge in [0, 0.05) is 38.3 Å². The highest BCUT2D eigenvalue weighted by molar-refractivity contribution is 5.98. The van der Waals surface area contributed by atoms with Crippen LogP contribution in [0.4, 0.5) is 4.39 Å². The molecule has 0 aromatic heterocycles. The van der Waals surface area contributed by atoms with Crippen LogP contribution in [0.3, 0.4) is 0 Å². The van der Waals surface area contributed by atoms with E-state index in [1.165, 1.54) is 18.9 Å². The van der Waals surface area contributed by atoms with Gasteiger partial charge in [0.2, 0.25) is 0 Å². The summed E-state index contributed by atoms with van der Waals surface area (Å²) < 4.78 is 14.4. The van der Waals surface area contributed by atoms with Crippen molar-refractivity contribution in [3.63, 3.8) is 0 Å². The Morgan fingerprint density at radius 3 is 2.31 bits per heavy atom. The minimum Gasteiger partial charge on any atom is -0.339 e. The predicted molar refractivity (Wildman–Crippen MR) is 122 cm³/mol. The Morgan fingerprint density at radius 1 is 0.844 bits per heavy atom. The monoisotopic (exact) mass is 435 g/mol. The normalized spacial score (nSPS) is 19.0. The van der Waals surface area contributed by atoms with Gasteiger partial charge in [0.15, 0.2) is 0 Å². The Morgan fingerprint density at radius 2 is 1.53 bits per heavy atom. The number of benzene rings is 2. The highest BCUT2D eigenvalue weighted by Gasteiger charge is 2.26. The fourth-order valence-electron chi connectivity index (χ4n) is 5.16. The first-order chi connectivity index (χ1) is 15.6. The van der Waals surface area contributed by atoms with Crippen LogP contribution >= 0.6 is 0 Å². The lowest BCUT2D eigenvalue weighted by Crippen LogP contribution is -2.42. The molecule has 2 aromatic carbocycles. The Kier molecular flexibility index (Phi) is 5.96. The highest BCUT2D eigenvalue weighted by atomic mass is 19.1. The van der Waals surface area contributed by atoms with Crippen LogP contribution in [0, 0.1) is 5.82 Å². The Bertz CT molecular complexity index is 1030. The van der Waals surface area contributed by atoms with E-state index in [9.17, 15) is 14.0 Å². The third kappa shape index (κ3) is 4.16. The maximum absolute atomic E-state index is 14.4. The minimum absolute atomic E-state index is 0.0982. The summed E-state index contributed by atoms with van der Waals surface area (Å²) in [7, 11) is 0. The van der Waals surface area contributed by atoms with Crippen molar-refractivity contribution in [2.24, 2.45) is 0 Å². The molecule has 0 radical (unpaired) electrons. The van der Waals surface area contributed by atoms with E-state index in [2.05, 4.69) is 4.90 Å². The lowest BCUT2D eigenvalue weighted by molar-refractivity contribution is 0.0723. The SMILES string of the molecule is O=C(c1cc(-c2ccc3c(c2)CCN(CCN2CCCC2)C3=O)ccc1F)N1CCCC1. The fourth-order valence-corrected chi connectivity index (χ4v) is 5.16. The third-order valence-corrected chi connectivity index (χ3v) is 7.08. The zero-order valence-electron chi connectivity index (χ0n) is 18.5. The molecule has 0 spiro atoms. The van der Waals surface area contributed by atoms with Crippen LogP contribution in [0.25, 0.3) is 11.1 Å². The number of nitrogens with zero attached hydrogens (tertiary/aromatic N) is 3. The summed E-state index contributed by atoms with van der Waals surface area (Å²) in [5.74, 6) is -0.614. The number of fused-ring (bicyclic) bond motifs is 1. The van der Waals surface area contributed by atoms with Gasteiger partial charge < -0.3 is 14.7 Å². The van der Waals surface area contributed by atoms with Crippen molar-refractivity contribution < 1.29 is 14.0 Å². The lowest BCUT2D eigenvalue weighted by Gasteiger charge is -2.30. The van der Waals surface area contributed by atoms with Crippen LogP contribution in [0.1, 0.15) is 52.0 Å². The van der Waals surface area contributed by atoms with Crippen LogP contribution in [0.5, 0.6) is 0 Å². The standard InChI is InChI=1S/C26H30FN3O2/c27-24-8-6-20(18-23(24)26(32)29-12-3-4-13-29)19-5-7-22-21(17-19)9-14-30(25(22)31)16-15-28-10-1-2-11-28/h5-8,17-18H,1-4,9-16H2. The molecule has 2 amide bonds. The maximum atomic E-state index is 14.4. The number of carbonyl (C=O) groups excluding carboxylic acids is 2. The zero-order chi connectivity index (χ0) is 22.1. The van der Waals surface area contributed by atoms with E-state index in [1.54, 1.807) is 17.0 Å². The summed E-state index contributed by atoms with van der Waals surface area (Å²) in [6, 6.07) is 10.6. The van der Waals surface area contributed by atoms with Gasteiger partial charge in [-0.3, -0.25) is 9.59 Å². The molecule has 0 unspecified atom stereocenters. The first-order valence-corrected chi connectivity index (χ1v) is 11.8. The molecule has 3 aliphatic heterocycles. The zero-order valence-corrected chi connectivity index (χ0v) is 18.5. The number of amides is 2. The largest absolute Gasteiger partial charge is 0.339 e. The Balaban J connectivity index is 1.34. The molecule has 3 heterocycles. The number of likely N-dealkylation sites (tertiary alicyclic amines) is 2. The van der Waals surface area contributed by atoms with Crippen molar-refractivity contribution in [3.8, 4) is 11.1 Å². The second-order valence-corrected chi connectivity index (χ2v) is 9.16. The van der Waals surface area contributed by atoms with E-state index in [0.29, 0.717) is 13.1 Å². The van der Waals surface area contributed by atoms with Crippen molar-refractivity contribution in [1.82, 2.24) is 14.7 Å². The molecule has 0 saturated carbocycles. The summed E-state index contributed by atoms with van der Waals surface area (Å²) in [6.45, 7) is 6.12. The molecule has 0 bridgehead atoms. The van der Waals surface area contributed by atoms with E-state index in [1.807, 2.05) is 23.1 Å². The van der Waals surface area contributed by atoms with Gasteiger partial charge in [0.05, 0.1) is 5.56 Å². The molecule has 32 heavy (non-hydrogen) atoms. The summed E-state index contributed by atoms with van der Waals surface area (Å²) in [6.07, 6.45) is 5.28. The van der Waals surface area contributed by atoms with Crippen molar-refractivity contribution >= 4 is 11.8 Å². The summed E-state index contributed by atoms with van der Waals surface area (Å²) >= 11 is 0. The van der Waals surface area contributed by atoms with Crippen LogP contribution in [-0.2, 0) is 6.42 Å². The van der Waals surface area contributed by atoms with Crippen LogP contribution < -0.4 is 0 Å². The molecule has 2 saturated heterocycles. The smallest absolute Gasteiger partial charge is 0.256 e. The number of hydrogen-bond donors (Lipinski definition) is 0. The minimum atomic E-state index is -0.479. The predicted octanol–water partition coefficient (Wildman–Crippen LogP) is 3.82. The average molecular weight is 436 g/mol. The highest BCUT2D eigenvalue weighted by Crippen LogP contribution is 2.28. The molecule has 3 aliphatic rings. The summed E-state index contributed by atoms with van der Waals surface area (Å²) in [4.78, 5) is 31.9. The third-order valence-electron chi connectivity index (χ3n) is 7.08. The van der Waals surface area contributed by atoms with Crippen molar-refractivity contribution in [2.75, 3.05) is 45.8 Å².